The lowest BCUT2D eigenvalue weighted by Gasteiger charge is -2.22. The number of H-pyrrole nitrogens is 1. The second-order valence-electron chi connectivity index (χ2n) is 4.19. The van der Waals surface area contributed by atoms with E-state index in [-0.39, 0.29) is 23.7 Å². The first kappa shape index (κ1) is 14.5. The van der Waals surface area contributed by atoms with Crippen molar-refractivity contribution in [3.63, 3.8) is 0 Å². The van der Waals surface area contributed by atoms with Gasteiger partial charge in [0.25, 0.3) is 10.0 Å². The first-order chi connectivity index (χ1) is 9.50. The summed E-state index contributed by atoms with van der Waals surface area (Å²) in [5, 5.41) is 0. The van der Waals surface area contributed by atoms with Crippen LogP contribution in [-0.2, 0) is 16.6 Å². The average molecular weight is 297 g/mol. The van der Waals surface area contributed by atoms with Crippen LogP contribution < -0.4 is 10.0 Å². The number of nitrogens with zero attached hydrogens (tertiary/aromatic N) is 1. The van der Waals surface area contributed by atoms with Gasteiger partial charge in [0.1, 0.15) is 10.7 Å². The Balaban J connectivity index is 2.48. The Morgan fingerprint density at radius 1 is 1.35 bits per heavy atom. The van der Waals surface area contributed by atoms with Gasteiger partial charge in [0.2, 0.25) is 0 Å². The van der Waals surface area contributed by atoms with Gasteiger partial charge in [0.05, 0.1) is 5.69 Å². The molecule has 0 spiro atoms. The van der Waals surface area contributed by atoms with Gasteiger partial charge in [-0.1, -0.05) is 12.1 Å². The molecule has 0 aliphatic rings. The molecule has 0 amide bonds. The number of sulfonamides is 1. The predicted molar refractivity (Wildman–Crippen MR) is 75.3 cm³/mol. The van der Waals surface area contributed by atoms with Crippen LogP contribution in [0.2, 0.25) is 0 Å². The van der Waals surface area contributed by atoms with Crippen molar-refractivity contribution >= 4 is 15.7 Å². The molecule has 5 nitrogen and oxygen atoms in total. The van der Waals surface area contributed by atoms with Crippen LogP contribution in [0.1, 0.15) is 12.6 Å². The Labute approximate surface area is 117 Å². The molecule has 2 rings (SSSR count). The lowest BCUT2D eigenvalue weighted by atomic mass is 10.3. The number of nitrogens with one attached hydrogen (secondary N) is 1. The number of hydrogen-bond donors (Lipinski definition) is 2. The first-order valence-corrected chi connectivity index (χ1v) is 7.59. The number of hydrogen-bond acceptors (Lipinski definition) is 3. The lowest BCUT2D eigenvalue weighted by Crippen LogP contribution is -2.31. The molecule has 108 valence electrons. The molecule has 2 aromatic rings. The van der Waals surface area contributed by atoms with E-state index in [2.05, 4.69) is 4.98 Å². The maximum Gasteiger partial charge on any atom is 0.265 e. The Kier molecular flexibility index (Phi) is 4.10. The van der Waals surface area contributed by atoms with Crippen molar-refractivity contribution in [1.29, 1.82) is 0 Å². The molecule has 0 bridgehead atoms. The fourth-order valence-electron chi connectivity index (χ4n) is 1.94. The quantitative estimate of drug-likeness (QED) is 0.883. The number of rotatable bonds is 5. The van der Waals surface area contributed by atoms with E-state index in [4.69, 9.17) is 5.73 Å². The van der Waals surface area contributed by atoms with Gasteiger partial charge in [-0.15, -0.1) is 0 Å². The molecule has 0 atom stereocenters. The summed E-state index contributed by atoms with van der Waals surface area (Å²) >= 11 is 0. The minimum Gasteiger partial charge on any atom is -0.363 e. The van der Waals surface area contributed by atoms with Gasteiger partial charge in [-0.05, 0) is 25.1 Å². The van der Waals surface area contributed by atoms with Crippen LogP contribution in [0.15, 0.2) is 41.4 Å². The van der Waals surface area contributed by atoms with E-state index < -0.39 is 15.8 Å². The van der Waals surface area contributed by atoms with E-state index in [0.29, 0.717) is 5.69 Å². The summed E-state index contributed by atoms with van der Waals surface area (Å²) in [4.78, 5) is 2.85. The highest BCUT2D eigenvalue weighted by atomic mass is 32.2. The standard InChI is InChI=1S/C13H16FN3O2S/c1-2-17(13-6-4-3-5-12(13)14)20(18,19)11-7-10(8-15)16-9-11/h3-7,9,16H,2,8,15H2,1H3. The zero-order valence-electron chi connectivity index (χ0n) is 11.0. The van der Waals surface area contributed by atoms with Crippen molar-refractivity contribution < 1.29 is 12.8 Å². The lowest BCUT2D eigenvalue weighted by molar-refractivity contribution is 0.586. The van der Waals surface area contributed by atoms with Crippen LogP contribution in [0.5, 0.6) is 0 Å². The maximum absolute atomic E-state index is 13.8. The van der Waals surface area contributed by atoms with Gasteiger partial charge in [-0.3, -0.25) is 4.31 Å². The van der Waals surface area contributed by atoms with Gasteiger partial charge in [-0.25, -0.2) is 12.8 Å². The minimum absolute atomic E-state index is 0.0329. The number of para-hydroxylation sites is 1. The SMILES string of the molecule is CCN(c1ccccc1F)S(=O)(=O)c1c[nH]c(CN)c1. The van der Waals surface area contributed by atoms with Crippen LogP contribution >= 0.6 is 0 Å². The van der Waals surface area contributed by atoms with Crippen LogP contribution in [0.25, 0.3) is 0 Å². The number of anilines is 1. The normalized spacial score (nSPS) is 11.6. The van der Waals surface area contributed by atoms with Crippen molar-refractivity contribution in [3.8, 4) is 0 Å². The second kappa shape index (κ2) is 5.64. The van der Waals surface area contributed by atoms with E-state index in [1.807, 2.05) is 0 Å². The van der Waals surface area contributed by atoms with Crippen molar-refractivity contribution in [2.75, 3.05) is 10.8 Å². The molecule has 0 aliphatic carbocycles. The van der Waals surface area contributed by atoms with Gasteiger partial charge < -0.3 is 10.7 Å². The molecule has 0 saturated heterocycles. The third-order valence-corrected chi connectivity index (χ3v) is 4.80. The molecule has 0 saturated carbocycles. The molecule has 1 heterocycles. The summed E-state index contributed by atoms with van der Waals surface area (Å²) in [5.41, 5.74) is 6.09. The Hall–Kier alpha value is -1.86. The highest BCUT2D eigenvalue weighted by molar-refractivity contribution is 7.92. The Morgan fingerprint density at radius 2 is 2.05 bits per heavy atom. The van der Waals surface area contributed by atoms with Gasteiger partial charge in [0, 0.05) is 25.0 Å². The largest absolute Gasteiger partial charge is 0.363 e. The predicted octanol–water partition coefficient (Wildman–Crippen LogP) is 1.83. The molecule has 3 N–H and O–H groups in total. The molecule has 0 fully saturated rings. The third-order valence-electron chi connectivity index (χ3n) is 2.93. The average Bonchev–Trinajstić information content (AvgIpc) is 2.91. The first-order valence-electron chi connectivity index (χ1n) is 6.15. The van der Waals surface area contributed by atoms with Crippen molar-refractivity contribution in [2.45, 2.75) is 18.4 Å². The summed E-state index contributed by atoms with van der Waals surface area (Å²) in [7, 11) is -3.81. The Morgan fingerprint density at radius 3 is 2.60 bits per heavy atom. The van der Waals surface area contributed by atoms with Crippen LogP contribution in [0.4, 0.5) is 10.1 Å². The van der Waals surface area contributed by atoms with Crippen molar-refractivity contribution in [2.24, 2.45) is 5.73 Å². The monoisotopic (exact) mass is 297 g/mol. The maximum atomic E-state index is 13.8. The second-order valence-corrected chi connectivity index (χ2v) is 6.05. The highest BCUT2D eigenvalue weighted by Crippen LogP contribution is 2.26. The van der Waals surface area contributed by atoms with E-state index in [1.54, 1.807) is 13.0 Å². The topological polar surface area (TPSA) is 79.2 Å². The molecular weight excluding hydrogens is 281 g/mol. The number of aromatic nitrogens is 1. The molecule has 7 heteroatoms. The third kappa shape index (κ3) is 2.54. The van der Waals surface area contributed by atoms with Crippen LogP contribution in [0, 0.1) is 5.82 Å². The van der Waals surface area contributed by atoms with E-state index in [0.717, 1.165) is 4.31 Å². The Bertz CT molecular complexity index is 697. The van der Waals surface area contributed by atoms with Crippen LogP contribution in [0.3, 0.4) is 0 Å². The number of halogens is 1. The molecule has 20 heavy (non-hydrogen) atoms. The van der Waals surface area contributed by atoms with E-state index in [1.165, 1.54) is 30.5 Å². The molecule has 0 aliphatic heterocycles. The van der Waals surface area contributed by atoms with Crippen LogP contribution in [-0.4, -0.2) is 19.9 Å². The van der Waals surface area contributed by atoms with Gasteiger partial charge in [-0.2, -0.15) is 0 Å². The van der Waals surface area contributed by atoms with E-state index in [9.17, 15) is 12.8 Å². The molecular formula is C13H16FN3O2S. The van der Waals surface area contributed by atoms with Gasteiger partial charge >= 0.3 is 0 Å². The van der Waals surface area contributed by atoms with Gasteiger partial charge in [0.15, 0.2) is 0 Å². The summed E-state index contributed by atoms with van der Waals surface area (Å²) in [6, 6.07) is 7.24. The summed E-state index contributed by atoms with van der Waals surface area (Å²) in [6.45, 7) is 1.99. The summed E-state index contributed by atoms with van der Waals surface area (Å²) < 4.78 is 39.9. The van der Waals surface area contributed by atoms with Crippen molar-refractivity contribution in [1.82, 2.24) is 4.98 Å². The number of aromatic amines is 1. The smallest absolute Gasteiger partial charge is 0.265 e. The summed E-state index contributed by atoms with van der Waals surface area (Å²) in [5.74, 6) is -0.576. The fraction of sp³-hybridized carbons (Fsp3) is 0.231. The molecule has 0 radical (unpaired) electrons. The summed E-state index contributed by atoms with van der Waals surface area (Å²) in [6.07, 6.45) is 1.36. The molecule has 0 unspecified atom stereocenters. The zero-order chi connectivity index (χ0) is 14.8. The molecule has 1 aromatic heterocycles. The molecule has 1 aromatic carbocycles. The minimum atomic E-state index is -3.81. The number of benzene rings is 1. The zero-order valence-corrected chi connectivity index (χ0v) is 11.8. The number of nitrogens with two attached hydrogens (primary N) is 1. The fourth-order valence-corrected chi connectivity index (χ4v) is 3.44. The van der Waals surface area contributed by atoms with Crippen molar-refractivity contribution in [3.05, 3.63) is 48.0 Å². The van der Waals surface area contributed by atoms with E-state index >= 15 is 0 Å². The highest BCUT2D eigenvalue weighted by Gasteiger charge is 2.26.